The number of hydrogen-bond acceptors (Lipinski definition) is 3. The second-order valence-corrected chi connectivity index (χ2v) is 6.01. The SMILES string of the molecule is CCCCOCCCNC(=NCc1cccc(N(C)C)c1)NCC.I. The van der Waals surface area contributed by atoms with Gasteiger partial charge in [-0.2, -0.15) is 0 Å². The van der Waals surface area contributed by atoms with E-state index in [2.05, 4.69) is 72.7 Å². The smallest absolute Gasteiger partial charge is 0.191 e. The third-order valence-electron chi connectivity index (χ3n) is 3.59. The highest BCUT2D eigenvalue weighted by molar-refractivity contribution is 14.0. The molecule has 0 atom stereocenters. The Morgan fingerprint density at radius 1 is 1.12 bits per heavy atom. The molecule has 0 bridgehead atoms. The molecule has 25 heavy (non-hydrogen) atoms. The van der Waals surface area contributed by atoms with E-state index >= 15 is 0 Å². The Labute approximate surface area is 170 Å². The molecule has 5 nitrogen and oxygen atoms in total. The van der Waals surface area contributed by atoms with E-state index < -0.39 is 0 Å². The predicted octanol–water partition coefficient (Wildman–Crippen LogP) is 3.63. The fourth-order valence-electron chi connectivity index (χ4n) is 2.17. The zero-order valence-electron chi connectivity index (χ0n) is 16.2. The van der Waals surface area contributed by atoms with Gasteiger partial charge in [0.05, 0.1) is 6.54 Å². The van der Waals surface area contributed by atoms with Gasteiger partial charge in [-0.25, -0.2) is 4.99 Å². The van der Waals surface area contributed by atoms with Gasteiger partial charge < -0.3 is 20.3 Å². The van der Waals surface area contributed by atoms with Gasteiger partial charge >= 0.3 is 0 Å². The molecule has 0 aliphatic heterocycles. The molecule has 2 N–H and O–H groups in total. The summed E-state index contributed by atoms with van der Waals surface area (Å²) in [5.41, 5.74) is 2.41. The maximum Gasteiger partial charge on any atom is 0.191 e. The minimum absolute atomic E-state index is 0. The van der Waals surface area contributed by atoms with Crippen LogP contribution in [0.4, 0.5) is 5.69 Å². The monoisotopic (exact) mass is 462 g/mol. The van der Waals surface area contributed by atoms with Crippen molar-refractivity contribution in [3.05, 3.63) is 29.8 Å². The quantitative estimate of drug-likeness (QED) is 0.228. The first-order valence-corrected chi connectivity index (χ1v) is 9.03. The highest BCUT2D eigenvalue weighted by Gasteiger charge is 2.00. The van der Waals surface area contributed by atoms with Crippen molar-refractivity contribution in [1.29, 1.82) is 0 Å². The van der Waals surface area contributed by atoms with Crippen molar-refractivity contribution in [3.8, 4) is 0 Å². The first kappa shape index (κ1) is 24.0. The molecule has 0 aliphatic carbocycles. The van der Waals surface area contributed by atoms with Gasteiger partial charge in [0.2, 0.25) is 0 Å². The third kappa shape index (κ3) is 11.3. The van der Waals surface area contributed by atoms with Gasteiger partial charge in [-0.15, -0.1) is 24.0 Å². The minimum atomic E-state index is 0. The van der Waals surface area contributed by atoms with E-state index in [4.69, 9.17) is 4.74 Å². The second kappa shape index (κ2) is 15.3. The van der Waals surface area contributed by atoms with Crippen LogP contribution in [0.5, 0.6) is 0 Å². The molecule has 0 radical (unpaired) electrons. The van der Waals surface area contributed by atoms with Gasteiger partial charge in [0.25, 0.3) is 0 Å². The number of nitrogens with one attached hydrogen (secondary N) is 2. The van der Waals surface area contributed by atoms with Crippen LogP contribution in [0.3, 0.4) is 0 Å². The molecular weight excluding hydrogens is 427 g/mol. The van der Waals surface area contributed by atoms with Crippen molar-refractivity contribution in [2.45, 2.75) is 39.7 Å². The zero-order chi connectivity index (χ0) is 17.6. The molecule has 1 aromatic rings. The Kier molecular flexibility index (Phi) is 14.6. The molecule has 1 rings (SSSR count). The molecule has 0 heterocycles. The first-order chi connectivity index (χ1) is 11.7. The number of halogens is 1. The molecule has 0 amide bonds. The summed E-state index contributed by atoms with van der Waals surface area (Å²) in [7, 11) is 4.10. The molecule has 0 fully saturated rings. The van der Waals surface area contributed by atoms with Crippen LogP contribution in [-0.2, 0) is 11.3 Å². The van der Waals surface area contributed by atoms with Crippen LogP contribution in [-0.4, -0.2) is 46.4 Å². The van der Waals surface area contributed by atoms with Crippen LogP contribution in [0, 0.1) is 0 Å². The van der Waals surface area contributed by atoms with Gasteiger partial charge in [0.1, 0.15) is 0 Å². The van der Waals surface area contributed by atoms with Crippen molar-refractivity contribution in [2.24, 2.45) is 4.99 Å². The lowest BCUT2D eigenvalue weighted by atomic mass is 10.2. The molecule has 0 spiro atoms. The standard InChI is InChI=1S/C19H34N4O.HI/c1-5-7-13-24-14-9-12-21-19(20-6-2)22-16-17-10-8-11-18(15-17)23(3)4;/h8,10-11,15H,5-7,9,12-14,16H2,1-4H3,(H2,20,21,22);1H. The molecular formula is C19H35IN4O. The van der Waals surface area contributed by atoms with E-state index in [1.807, 2.05) is 0 Å². The number of ether oxygens (including phenoxy) is 1. The summed E-state index contributed by atoms with van der Waals surface area (Å²) < 4.78 is 5.58. The normalized spacial score (nSPS) is 11.0. The summed E-state index contributed by atoms with van der Waals surface area (Å²) in [6.07, 6.45) is 3.32. The van der Waals surface area contributed by atoms with Crippen LogP contribution in [0.1, 0.15) is 38.7 Å². The van der Waals surface area contributed by atoms with Crippen molar-refractivity contribution < 1.29 is 4.74 Å². The molecule has 0 aliphatic rings. The van der Waals surface area contributed by atoms with Gasteiger partial charge in [0, 0.05) is 46.1 Å². The van der Waals surface area contributed by atoms with Crippen LogP contribution in [0.25, 0.3) is 0 Å². The van der Waals surface area contributed by atoms with E-state index in [-0.39, 0.29) is 24.0 Å². The number of anilines is 1. The van der Waals surface area contributed by atoms with E-state index in [0.29, 0.717) is 6.54 Å². The number of hydrogen-bond donors (Lipinski definition) is 2. The van der Waals surface area contributed by atoms with Crippen LogP contribution >= 0.6 is 24.0 Å². The Bertz CT molecular complexity index is 480. The third-order valence-corrected chi connectivity index (χ3v) is 3.59. The summed E-state index contributed by atoms with van der Waals surface area (Å²) >= 11 is 0. The van der Waals surface area contributed by atoms with Crippen molar-refractivity contribution in [2.75, 3.05) is 45.3 Å². The van der Waals surface area contributed by atoms with E-state index in [0.717, 1.165) is 45.1 Å². The van der Waals surface area contributed by atoms with Gasteiger partial charge in [0.15, 0.2) is 5.96 Å². The lowest BCUT2D eigenvalue weighted by molar-refractivity contribution is 0.129. The maximum absolute atomic E-state index is 5.58. The topological polar surface area (TPSA) is 48.9 Å². The number of unbranched alkanes of at least 4 members (excludes halogenated alkanes) is 1. The highest BCUT2D eigenvalue weighted by atomic mass is 127. The fraction of sp³-hybridized carbons (Fsp3) is 0.632. The molecule has 6 heteroatoms. The largest absolute Gasteiger partial charge is 0.381 e. The van der Waals surface area contributed by atoms with E-state index in [1.54, 1.807) is 0 Å². The summed E-state index contributed by atoms with van der Waals surface area (Å²) in [6, 6.07) is 8.47. The van der Waals surface area contributed by atoms with E-state index in [1.165, 1.54) is 17.7 Å². The van der Waals surface area contributed by atoms with Gasteiger partial charge in [-0.3, -0.25) is 0 Å². The Morgan fingerprint density at radius 2 is 1.88 bits per heavy atom. The molecule has 0 saturated carbocycles. The fourth-order valence-corrected chi connectivity index (χ4v) is 2.17. The summed E-state index contributed by atoms with van der Waals surface area (Å²) in [4.78, 5) is 6.77. The molecule has 0 saturated heterocycles. The summed E-state index contributed by atoms with van der Waals surface area (Å²) in [5, 5.41) is 6.66. The molecule has 144 valence electrons. The van der Waals surface area contributed by atoms with Crippen molar-refractivity contribution in [3.63, 3.8) is 0 Å². The number of aliphatic imine (C=N–C) groups is 1. The minimum Gasteiger partial charge on any atom is -0.381 e. The van der Waals surface area contributed by atoms with Gasteiger partial charge in [-0.05, 0) is 37.5 Å². The second-order valence-electron chi connectivity index (χ2n) is 6.01. The average Bonchev–Trinajstić information content (AvgIpc) is 2.59. The Morgan fingerprint density at radius 3 is 2.56 bits per heavy atom. The van der Waals surface area contributed by atoms with E-state index in [9.17, 15) is 0 Å². The summed E-state index contributed by atoms with van der Waals surface area (Å²) in [5.74, 6) is 0.862. The average molecular weight is 462 g/mol. The van der Waals surface area contributed by atoms with Crippen LogP contribution in [0.15, 0.2) is 29.3 Å². The zero-order valence-corrected chi connectivity index (χ0v) is 18.5. The van der Waals surface area contributed by atoms with Crippen LogP contribution in [0.2, 0.25) is 0 Å². The highest BCUT2D eigenvalue weighted by Crippen LogP contribution is 2.13. The van der Waals surface area contributed by atoms with Gasteiger partial charge in [-0.1, -0.05) is 25.5 Å². The number of rotatable bonds is 11. The Hall–Kier alpha value is -1.02. The number of nitrogens with zero attached hydrogens (tertiary/aromatic N) is 2. The van der Waals surface area contributed by atoms with Crippen LogP contribution < -0.4 is 15.5 Å². The number of guanidine groups is 1. The number of benzene rings is 1. The molecule has 0 unspecified atom stereocenters. The lowest BCUT2D eigenvalue weighted by Crippen LogP contribution is -2.38. The predicted molar refractivity (Wildman–Crippen MR) is 119 cm³/mol. The molecule has 1 aromatic carbocycles. The first-order valence-electron chi connectivity index (χ1n) is 9.03. The lowest BCUT2D eigenvalue weighted by Gasteiger charge is -2.14. The van der Waals surface area contributed by atoms with Crippen molar-refractivity contribution >= 4 is 35.6 Å². The van der Waals surface area contributed by atoms with Crippen molar-refractivity contribution in [1.82, 2.24) is 10.6 Å². The Balaban J connectivity index is 0.00000576. The summed E-state index contributed by atoms with van der Waals surface area (Å²) in [6.45, 7) is 8.33. The maximum atomic E-state index is 5.58. The molecule has 0 aromatic heterocycles.